The van der Waals surface area contributed by atoms with E-state index in [1.54, 1.807) is 0 Å². The fraction of sp³-hybridized carbons (Fsp3) is 0.294. The van der Waals surface area contributed by atoms with Gasteiger partial charge in [0.1, 0.15) is 6.10 Å². The predicted molar refractivity (Wildman–Crippen MR) is 79.2 cm³/mol. The molecule has 0 aromatic heterocycles. The van der Waals surface area contributed by atoms with Gasteiger partial charge in [-0.25, -0.2) is 0 Å². The Morgan fingerprint density at radius 3 is 1.70 bits per heavy atom. The first-order chi connectivity index (χ1) is 9.27. The third-order valence-corrected chi connectivity index (χ3v) is 3.03. The Morgan fingerprint density at radius 2 is 1.30 bits per heavy atom. The molecule has 0 bridgehead atoms. The van der Waals surface area contributed by atoms with E-state index in [1.807, 2.05) is 12.1 Å². The summed E-state index contributed by atoms with van der Waals surface area (Å²) in [6.45, 7) is 1.65. The van der Waals surface area contributed by atoms with E-state index < -0.39 is 0 Å². The fourth-order valence-electron chi connectivity index (χ4n) is 1.99. The molecule has 0 spiro atoms. The smallest absolute Gasteiger partial charge is 0.108 e. The van der Waals surface area contributed by atoms with E-state index >= 15 is 0 Å². The topological polar surface area (TPSA) is 12.5 Å². The first-order valence-electron chi connectivity index (χ1n) is 6.63. The molecule has 0 radical (unpaired) electrons. The van der Waals surface area contributed by atoms with Gasteiger partial charge >= 0.3 is 0 Å². The number of benzene rings is 2. The van der Waals surface area contributed by atoms with E-state index in [1.165, 1.54) is 11.1 Å². The van der Waals surface area contributed by atoms with E-state index in [0.29, 0.717) is 0 Å². The lowest BCUT2D eigenvalue weighted by Gasteiger charge is -2.20. The van der Waals surface area contributed by atoms with Crippen molar-refractivity contribution in [3.05, 3.63) is 71.8 Å². The SMILES string of the molecule is CN(C)CCOC(c1ccccc1)c1ccccc1.[Br-]. The van der Waals surface area contributed by atoms with Gasteiger partial charge in [-0.1, -0.05) is 60.7 Å². The molecule has 0 fully saturated rings. The Bertz CT molecular complexity index is 433. The monoisotopic (exact) mass is 334 g/mol. The molecule has 0 aliphatic heterocycles. The second kappa shape index (κ2) is 8.90. The highest BCUT2D eigenvalue weighted by Gasteiger charge is 2.13. The number of hydrogen-bond donors (Lipinski definition) is 0. The molecule has 3 heteroatoms. The van der Waals surface area contributed by atoms with Crippen molar-refractivity contribution in [2.45, 2.75) is 6.10 Å². The highest BCUT2D eigenvalue weighted by atomic mass is 79.9. The number of nitrogens with zero attached hydrogens (tertiary/aromatic N) is 1. The van der Waals surface area contributed by atoms with Crippen molar-refractivity contribution in [3.8, 4) is 0 Å². The molecule has 0 saturated carbocycles. The first-order valence-corrected chi connectivity index (χ1v) is 6.63. The van der Waals surface area contributed by atoms with Crippen molar-refractivity contribution in [2.75, 3.05) is 27.2 Å². The maximum absolute atomic E-state index is 6.08. The van der Waals surface area contributed by atoms with Gasteiger partial charge in [-0.3, -0.25) is 0 Å². The summed E-state index contributed by atoms with van der Waals surface area (Å²) in [4.78, 5) is 2.13. The zero-order chi connectivity index (χ0) is 13.5. The number of likely N-dealkylation sites (N-methyl/N-ethyl adjacent to an activating group) is 1. The lowest BCUT2D eigenvalue weighted by molar-refractivity contribution is -0.00000528. The molecule has 108 valence electrons. The normalized spacial score (nSPS) is 10.6. The molecule has 0 saturated heterocycles. The van der Waals surface area contributed by atoms with Gasteiger partial charge in [0.15, 0.2) is 0 Å². The maximum atomic E-state index is 6.08. The molecule has 2 nitrogen and oxygen atoms in total. The molecule has 0 N–H and O–H groups in total. The molecule has 2 aromatic carbocycles. The highest BCUT2D eigenvalue weighted by molar-refractivity contribution is 5.29. The van der Waals surface area contributed by atoms with Crippen LogP contribution in [-0.2, 0) is 4.74 Å². The van der Waals surface area contributed by atoms with Crippen LogP contribution in [0.15, 0.2) is 60.7 Å². The summed E-state index contributed by atoms with van der Waals surface area (Å²) in [5.74, 6) is 0. The van der Waals surface area contributed by atoms with Crippen molar-refractivity contribution in [3.63, 3.8) is 0 Å². The second-order valence-electron chi connectivity index (χ2n) is 4.88. The highest BCUT2D eigenvalue weighted by Crippen LogP contribution is 2.25. The quantitative estimate of drug-likeness (QED) is 0.756. The lowest BCUT2D eigenvalue weighted by atomic mass is 10.0. The summed E-state index contributed by atoms with van der Waals surface area (Å²) in [5.41, 5.74) is 2.40. The summed E-state index contributed by atoms with van der Waals surface area (Å²) in [6, 6.07) is 20.8. The Labute approximate surface area is 132 Å². The van der Waals surface area contributed by atoms with E-state index in [2.05, 4.69) is 67.5 Å². The van der Waals surface area contributed by atoms with Crippen LogP contribution in [0.25, 0.3) is 0 Å². The van der Waals surface area contributed by atoms with Crippen molar-refractivity contribution >= 4 is 0 Å². The van der Waals surface area contributed by atoms with Crippen LogP contribution in [0.5, 0.6) is 0 Å². The van der Waals surface area contributed by atoms with Gasteiger partial charge < -0.3 is 26.6 Å². The van der Waals surface area contributed by atoms with E-state index in [9.17, 15) is 0 Å². The fourth-order valence-corrected chi connectivity index (χ4v) is 1.99. The van der Waals surface area contributed by atoms with Crippen molar-refractivity contribution in [1.82, 2.24) is 4.90 Å². The molecular formula is C17H21BrNO-. The second-order valence-corrected chi connectivity index (χ2v) is 4.88. The molecule has 0 atom stereocenters. The largest absolute Gasteiger partial charge is 1.00 e. The number of halogens is 1. The number of hydrogen-bond acceptors (Lipinski definition) is 2. The molecule has 20 heavy (non-hydrogen) atoms. The third-order valence-electron chi connectivity index (χ3n) is 3.03. The summed E-state index contributed by atoms with van der Waals surface area (Å²) >= 11 is 0. The zero-order valence-electron chi connectivity index (χ0n) is 12.0. The minimum absolute atomic E-state index is 0. The van der Waals surface area contributed by atoms with Crippen LogP contribution in [0.1, 0.15) is 17.2 Å². The molecule has 0 heterocycles. The van der Waals surface area contributed by atoms with Crippen LogP contribution in [0.2, 0.25) is 0 Å². The van der Waals surface area contributed by atoms with Gasteiger partial charge in [0.2, 0.25) is 0 Å². The molecule has 2 aromatic rings. The number of rotatable bonds is 6. The predicted octanol–water partition coefficient (Wildman–Crippen LogP) is 0.358. The molecule has 0 amide bonds. The van der Waals surface area contributed by atoms with Crippen LogP contribution >= 0.6 is 0 Å². The molecule has 2 rings (SSSR count). The zero-order valence-corrected chi connectivity index (χ0v) is 13.6. The average Bonchev–Trinajstić information content (AvgIpc) is 2.45. The van der Waals surface area contributed by atoms with Crippen LogP contribution < -0.4 is 17.0 Å². The Morgan fingerprint density at radius 1 is 0.850 bits per heavy atom. The van der Waals surface area contributed by atoms with Crippen LogP contribution in [0, 0.1) is 0 Å². The molecule has 0 aliphatic rings. The Kier molecular flexibility index (Phi) is 7.52. The van der Waals surface area contributed by atoms with Crippen LogP contribution in [-0.4, -0.2) is 32.1 Å². The van der Waals surface area contributed by atoms with Gasteiger partial charge in [0.05, 0.1) is 6.61 Å². The van der Waals surface area contributed by atoms with E-state index in [-0.39, 0.29) is 23.1 Å². The van der Waals surface area contributed by atoms with Crippen molar-refractivity contribution < 1.29 is 21.7 Å². The van der Waals surface area contributed by atoms with E-state index in [0.717, 1.165) is 13.2 Å². The van der Waals surface area contributed by atoms with E-state index in [4.69, 9.17) is 4.74 Å². The van der Waals surface area contributed by atoms with Gasteiger partial charge in [-0.05, 0) is 25.2 Å². The Hall–Kier alpha value is -1.16. The van der Waals surface area contributed by atoms with Crippen molar-refractivity contribution in [1.29, 1.82) is 0 Å². The molecule has 0 aliphatic carbocycles. The van der Waals surface area contributed by atoms with Crippen molar-refractivity contribution in [2.24, 2.45) is 0 Å². The summed E-state index contributed by atoms with van der Waals surface area (Å²) in [7, 11) is 4.12. The molecule has 0 unspecified atom stereocenters. The van der Waals surface area contributed by atoms with Crippen LogP contribution in [0.3, 0.4) is 0 Å². The maximum Gasteiger partial charge on any atom is 0.108 e. The standard InChI is InChI=1S/C17H21NO.BrH/c1-18(2)13-14-19-17(15-9-5-3-6-10-15)16-11-7-4-8-12-16;/h3-12,17H,13-14H2,1-2H3;1H/p-1. The lowest BCUT2D eigenvalue weighted by Crippen LogP contribution is -3.00. The first kappa shape index (κ1) is 16.9. The van der Waals surface area contributed by atoms with Gasteiger partial charge in [-0.15, -0.1) is 0 Å². The number of ether oxygens (including phenoxy) is 1. The third kappa shape index (κ3) is 5.08. The van der Waals surface area contributed by atoms with Gasteiger partial charge in [0.25, 0.3) is 0 Å². The minimum Gasteiger partial charge on any atom is -1.00 e. The van der Waals surface area contributed by atoms with Crippen LogP contribution in [0.4, 0.5) is 0 Å². The molecular weight excluding hydrogens is 314 g/mol. The summed E-state index contributed by atoms with van der Waals surface area (Å²) in [6.07, 6.45) is 0.0161. The van der Waals surface area contributed by atoms with Gasteiger partial charge in [0, 0.05) is 6.54 Å². The van der Waals surface area contributed by atoms with Gasteiger partial charge in [-0.2, -0.15) is 0 Å². The summed E-state index contributed by atoms with van der Waals surface area (Å²) < 4.78 is 6.08. The Balaban J connectivity index is 0.00000200. The minimum atomic E-state index is 0. The average molecular weight is 335 g/mol. The summed E-state index contributed by atoms with van der Waals surface area (Å²) in [5, 5.41) is 0.